The van der Waals surface area contributed by atoms with Crippen LogP contribution in [0.2, 0.25) is 0 Å². The first-order valence-electron chi connectivity index (χ1n) is 9.35. The Hall–Kier alpha value is 1.84. The Kier molecular flexibility index (Phi) is 19.6. The number of unbranched alkanes of at least 4 members (excludes halogenated alkanes) is 7. The van der Waals surface area contributed by atoms with E-state index in [-0.39, 0.29) is 0 Å². The van der Waals surface area contributed by atoms with Crippen molar-refractivity contribution >= 4 is 63.7 Å². The van der Waals surface area contributed by atoms with Gasteiger partial charge in [0, 0.05) is 19.3 Å². The van der Waals surface area contributed by atoms with Gasteiger partial charge in [-0.3, -0.25) is 5.26 Å². The Morgan fingerprint density at radius 2 is 1.12 bits per heavy atom. The van der Waals surface area contributed by atoms with E-state index in [1.54, 1.807) is 0 Å². The van der Waals surface area contributed by atoms with Crippen molar-refractivity contribution in [2.75, 3.05) is 6.61 Å². The summed E-state index contributed by atoms with van der Waals surface area (Å²) in [5.74, 6) is 0. The Balaban J connectivity index is 3.69. The average Bonchev–Trinajstić information content (AvgIpc) is 2.56. The maximum Gasteiger partial charge on any atom is 0.0819 e. The van der Waals surface area contributed by atoms with E-state index in [0.717, 1.165) is 19.3 Å². The van der Waals surface area contributed by atoms with Crippen LogP contribution in [0.1, 0.15) is 84.0 Å². The fraction of sp³-hybridized carbons (Fsp3) is 1.00. The van der Waals surface area contributed by atoms with Crippen molar-refractivity contribution in [3.05, 3.63) is 0 Å². The number of hydrogen-bond donors (Lipinski definition) is 1. The summed E-state index contributed by atoms with van der Waals surface area (Å²) in [6.45, 7) is 2.72. The third-order valence-corrected chi connectivity index (χ3v) is 9.92. The number of hydrogen-bond acceptors (Lipinski definition) is 2. The highest BCUT2D eigenvalue weighted by atomic mass is 79.9. The molecule has 0 saturated carbocycles. The van der Waals surface area contributed by atoms with Gasteiger partial charge in [0.25, 0.3) is 0 Å². The van der Waals surface area contributed by atoms with Gasteiger partial charge in [0.05, 0.1) is 6.61 Å². The molecule has 0 spiro atoms. The van der Waals surface area contributed by atoms with Crippen LogP contribution in [0.4, 0.5) is 0 Å². The molecular formula is C18H34Br4O2. The molecule has 0 aliphatic rings. The number of halogens is 4. The summed E-state index contributed by atoms with van der Waals surface area (Å²) in [6, 6.07) is 0. The molecule has 0 heterocycles. The fourth-order valence-electron chi connectivity index (χ4n) is 2.67. The Labute approximate surface area is 182 Å². The van der Waals surface area contributed by atoms with Crippen LogP contribution in [0.25, 0.3) is 0 Å². The van der Waals surface area contributed by atoms with Crippen molar-refractivity contribution in [3.8, 4) is 0 Å². The standard InChI is InChI=1S/C18H34Br4O2/c1-2-3-8-11-15(19)17(21)14-18(22)16(20)12-9-6-4-5-7-10-13-24-23/h15-18,23H,2-14H2,1H3. The van der Waals surface area contributed by atoms with Gasteiger partial charge in [0.15, 0.2) is 0 Å². The molecule has 0 aliphatic heterocycles. The molecule has 0 aromatic heterocycles. The van der Waals surface area contributed by atoms with Gasteiger partial charge in [-0.05, 0) is 25.7 Å². The first kappa shape index (κ1) is 25.8. The van der Waals surface area contributed by atoms with Crippen molar-refractivity contribution in [3.63, 3.8) is 0 Å². The van der Waals surface area contributed by atoms with E-state index in [9.17, 15) is 0 Å². The number of rotatable bonds is 17. The lowest BCUT2D eigenvalue weighted by molar-refractivity contribution is -0.242. The van der Waals surface area contributed by atoms with Gasteiger partial charge in [0.2, 0.25) is 0 Å². The van der Waals surface area contributed by atoms with Crippen molar-refractivity contribution in [2.24, 2.45) is 0 Å². The lowest BCUT2D eigenvalue weighted by Crippen LogP contribution is -2.23. The SMILES string of the molecule is CCCCCC(Br)C(Br)CC(Br)C(Br)CCCCCCCCOO. The summed E-state index contributed by atoms with van der Waals surface area (Å²) in [6.07, 6.45) is 14.7. The lowest BCUT2D eigenvalue weighted by Gasteiger charge is -2.23. The van der Waals surface area contributed by atoms with Crippen LogP contribution < -0.4 is 0 Å². The molecule has 0 amide bonds. The first-order chi connectivity index (χ1) is 11.5. The third-order valence-electron chi connectivity index (χ3n) is 4.28. The van der Waals surface area contributed by atoms with Gasteiger partial charge in [-0.25, -0.2) is 4.89 Å². The monoisotopic (exact) mass is 598 g/mol. The minimum atomic E-state index is 0.468. The predicted molar refractivity (Wildman–Crippen MR) is 121 cm³/mol. The molecule has 24 heavy (non-hydrogen) atoms. The van der Waals surface area contributed by atoms with E-state index in [0.29, 0.717) is 25.9 Å². The van der Waals surface area contributed by atoms with Gasteiger partial charge < -0.3 is 0 Å². The summed E-state index contributed by atoms with van der Waals surface area (Å²) in [4.78, 5) is 6.21. The molecule has 2 nitrogen and oxygen atoms in total. The molecule has 6 heteroatoms. The molecule has 0 aromatic rings. The average molecular weight is 602 g/mol. The summed E-state index contributed by atoms with van der Waals surface area (Å²) in [5.41, 5.74) is 0. The minimum Gasteiger partial charge on any atom is -0.252 e. The third kappa shape index (κ3) is 15.0. The van der Waals surface area contributed by atoms with Gasteiger partial charge in [-0.15, -0.1) is 0 Å². The Morgan fingerprint density at radius 1 is 0.667 bits per heavy atom. The van der Waals surface area contributed by atoms with E-state index < -0.39 is 0 Å². The molecule has 0 rings (SSSR count). The van der Waals surface area contributed by atoms with Crippen LogP contribution >= 0.6 is 63.7 Å². The molecule has 0 radical (unpaired) electrons. The Bertz CT molecular complexity index is 269. The number of alkyl halides is 4. The predicted octanol–water partition coefficient (Wildman–Crippen LogP) is 8.23. The zero-order valence-corrected chi connectivity index (χ0v) is 21.2. The molecule has 1 N–H and O–H groups in total. The van der Waals surface area contributed by atoms with Gasteiger partial charge in [-0.2, -0.15) is 0 Å². The van der Waals surface area contributed by atoms with E-state index in [1.165, 1.54) is 57.8 Å². The summed E-state index contributed by atoms with van der Waals surface area (Å²) in [5, 5.41) is 8.25. The fourth-order valence-corrected chi connectivity index (χ4v) is 5.59. The molecule has 0 saturated heterocycles. The molecular weight excluding hydrogens is 568 g/mol. The summed E-state index contributed by atoms with van der Waals surface area (Å²) in [7, 11) is 0. The highest BCUT2D eigenvalue weighted by Gasteiger charge is 2.23. The summed E-state index contributed by atoms with van der Waals surface area (Å²) < 4.78 is 0. The molecule has 4 unspecified atom stereocenters. The second kappa shape index (κ2) is 18.2. The van der Waals surface area contributed by atoms with Crippen LogP contribution in [-0.4, -0.2) is 31.2 Å². The van der Waals surface area contributed by atoms with Crippen molar-refractivity contribution in [1.82, 2.24) is 0 Å². The van der Waals surface area contributed by atoms with Crippen molar-refractivity contribution in [1.29, 1.82) is 0 Å². The van der Waals surface area contributed by atoms with Crippen LogP contribution in [0, 0.1) is 0 Å². The second-order valence-electron chi connectivity index (χ2n) is 6.54. The van der Waals surface area contributed by atoms with Crippen molar-refractivity contribution in [2.45, 2.75) is 103 Å². The first-order valence-corrected chi connectivity index (χ1v) is 13.0. The van der Waals surface area contributed by atoms with Crippen LogP contribution in [-0.2, 0) is 4.89 Å². The zero-order valence-electron chi connectivity index (χ0n) is 14.9. The minimum absolute atomic E-state index is 0.468. The van der Waals surface area contributed by atoms with Gasteiger partial charge in [-0.1, -0.05) is 122 Å². The van der Waals surface area contributed by atoms with E-state index in [1.807, 2.05) is 0 Å². The van der Waals surface area contributed by atoms with Gasteiger partial charge >= 0.3 is 0 Å². The molecule has 0 bridgehead atoms. The van der Waals surface area contributed by atoms with Crippen LogP contribution in [0.15, 0.2) is 0 Å². The smallest absolute Gasteiger partial charge is 0.0819 e. The molecule has 0 aromatic carbocycles. The maximum absolute atomic E-state index is 8.25. The van der Waals surface area contributed by atoms with Gasteiger partial charge in [0.1, 0.15) is 0 Å². The van der Waals surface area contributed by atoms with Crippen molar-refractivity contribution < 1.29 is 10.1 Å². The second-order valence-corrected chi connectivity index (χ2v) is 11.2. The van der Waals surface area contributed by atoms with E-state index >= 15 is 0 Å². The van der Waals surface area contributed by atoms with Crippen LogP contribution in [0.5, 0.6) is 0 Å². The van der Waals surface area contributed by atoms with E-state index in [2.05, 4.69) is 75.5 Å². The summed E-state index contributed by atoms with van der Waals surface area (Å²) >= 11 is 15.4. The molecule has 146 valence electrons. The Morgan fingerprint density at radius 3 is 1.62 bits per heavy atom. The highest BCUT2D eigenvalue weighted by Crippen LogP contribution is 2.31. The molecule has 0 aliphatic carbocycles. The quantitative estimate of drug-likeness (QED) is 0.0788. The molecule has 4 atom stereocenters. The largest absolute Gasteiger partial charge is 0.252 e. The van der Waals surface area contributed by atoms with E-state index in [4.69, 9.17) is 5.26 Å². The highest BCUT2D eigenvalue weighted by molar-refractivity contribution is 9.13. The normalized spacial score (nSPS) is 16.8. The topological polar surface area (TPSA) is 29.5 Å². The zero-order chi connectivity index (χ0) is 18.2. The van der Waals surface area contributed by atoms with Crippen LogP contribution in [0.3, 0.4) is 0 Å². The lowest BCUT2D eigenvalue weighted by atomic mass is 10.0. The maximum atomic E-state index is 8.25. The molecule has 0 fully saturated rings.